The van der Waals surface area contributed by atoms with Crippen LogP contribution in [0.1, 0.15) is 16.8 Å². The van der Waals surface area contributed by atoms with Crippen molar-refractivity contribution >= 4 is 56.9 Å². The molecule has 0 aliphatic heterocycles. The number of anilines is 1. The van der Waals surface area contributed by atoms with Gasteiger partial charge in [0.05, 0.1) is 19.2 Å². The second-order valence-corrected chi connectivity index (χ2v) is 7.78. The van der Waals surface area contributed by atoms with E-state index in [4.69, 9.17) is 26.5 Å². The minimum Gasteiger partial charge on any atom is -0.495 e. The number of rotatable bonds is 7. The topological polar surface area (TPSA) is 124 Å². The molecule has 168 valence electrons. The molecule has 4 N–H and O–H groups in total. The van der Waals surface area contributed by atoms with E-state index in [-0.39, 0.29) is 12.0 Å². The van der Waals surface area contributed by atoms with Crippen molar-refractivity contribution in [2.75, 3.05) is 12.4 Å². The van der Waals surface area contributed by atoms with Crippen molar-refractivity contribution in [1.82, 2.24) is 5.32 Å². The van der Waals surface area contributed by atoms with Crippen LogP contribution in [-0.4, -0.2) is 30.9 Å². The highest BCUT2D eigenvalue weighted by Gasteiger charge is 2.25. The first-order valence-electron chi connectivity index (χ1n) is 10.0. The van der Waals surface area contributed by atoms with Crippen LogP contribution in [0.5, 0.6) is 5.75 Å². The number of primary amides is 1. The highest BCUT2D eigenvalue weighted by molar-refractivity contribution is 6.30. The average Bonchev–Trinajstić information content (AvgIpc) is 3.15. The number of para-hydroxylation sites is 1. The zero-order chi connectivity index (χ0) is 23.5. The first kappa shape index (κ1) is 22.2. The van der Waals surface area contributed by atoms with Crippen molar-refractivity contribution in [3.05, 3.63) is 71.2 Å². The first-order valence-corrected chi connectivity index (χ1v) is 10.4. The van der Waals surface area contributed by atoms with Crippen LogP contribution >= 0.6 is 11.6 Å². The van der Waals surface area contributed by atoms with Gasteiger partial charge in [0.25, 0.3) is 5.91 Å². The molecule has 1 unspecified atom stereocenters. The van der Waals surface area contributed by atoms with E-state index >= 15 is 0 Å². The number of carbonyl (C=O) groups excluding carboxylic acids is 3. The average molecular weight is 466 g/mol. The lowest BCUT2D eigenvalue weighted by atomic mass is 10.1. The van der Waals surface area contributed by atoms with Crippen molar-refractivity contribution in [2.24, 2.45) is 5.73 Å². The smallest absolute Gasteiger partial charge is 0.251 e. The number of nitrogens with one attached hydrogen (secondary N) is 2. The number of furan rings is 1. The summed E-state index contributed by atoms with van der Waals surface area (Å²) in [5.74, 6) is -1.53. The van der Waals surface area contributed by atoms with Crippen LogP contribution in [0.25, 0.3) is 21.9 Å². The summed E-state index contributed by atoms with van der Waals surface area (Å²) in [6, 6.07) is 15.8. The summed E-state index contributed by atoms with van der Waals surface area (Å²) in [7, 11) is 1.47. The summed E-state index contributed by atoms with van der Waals surface area (Å²) in [6.45, 7) is 0. The minimum absolute atomic E-state index is 0.281. The van der Waals surface area contributed by atoms with Gasteiger partial charge in [0, 0.05) is 27.4 Å². The van der Waals surface area contributed by atoms with Crippen LogP contribution < -0.4 is 21.1 Å². The standard InChI is InChI=1S/C24H20ClN3O5/c1-32-21-10-16-15-4-2-3-5-19(15)33-20(16)11-17(21)27-24(31)18(12-22(26)29)28-23(30)13-6-8-14(25)9-7-13/h2-11,18H,12H2,1H3,(H2,26,29)(H,27,31)(H,28,30). The Bertz CT molecular complexity index is 1360. The summed E-state index contributed by atoms with van der Waals surface area (Å²) >= 11 is 5.85. The number of benzene rings is 3. The molecule has 3 amide bonds. The Balaban J connectivity index is 1.61. The van der Waals surface area contributed by atoms with Crippen LogP contribution in [0, 0.1) is 0 Å². The summed E-state index contributed by atoms with van der Waals surface area (Å²) in [5, 5.41) is 7.44. The van der Waals surface area contributed by atoms with Gasteiger partial charge in [0.1, 0.15) is 23.0 Å². The third kappa shape index (κ3) is 4.75. The van der Waals surface area contributed by atoms with Gasteiger partial charge in [-0.25, -0.2) is 0 Å². The maximum absolute atomic E-state index is 13.0. The van der Waals surface area contributed by atoms with Crippen LogP contribution in [0.2, 0.25) is 5.02 Å². The van der Waals surface area contributed by atoms with Crippen molar-refractivity contribution in [3.8, 4) is 5.75 Å². The van der Waals surface area contributed by atoms with Gasteiger partial charge in [0.2, 0.25) is 11.8 Å². The molecule has 0 fully saturated rings. The molecule has 0 radical (unpaired) electrons. The van der Waals surface area contributed by atoms with Crippen LogP contribution in [-0.2, 0) is 9.59 Å². The molecule has 1 heterocycles. The zero-order valence-corrected chi connectivity index (χ0v) is 18.3. The van der Waals surface area contributed by atoms with E-state index < -0.39 is 23.8 Å². The molecule has 4 aromatic rings. The minimum atomic E-state index is -1.21. The van der Waals surface area contributed by atoms with E-state index in [1.165, 1.54) is 19.2 Å². The molecular formula is C24H20ClN3O5. The maximum Gasteiger partial charge on any atom is 0.251 e. The molecular weight excluding hydrogens is 446 g/mol. The van der Waals surface area contributed by atoms with Crippen LogP contribution in [0.3, 0.4) is 0 Å². The fourth-order valence-corrected chi connectivity index (χ4v) is 3.62. The summed E-state index contributed by atoms with van der Waals surface area (Å²) in [5.41, 5.74) is 7.15. The molecule has 0 aliphatic carbocycles. The Morgan fingerprint density at radius 2 is 1.76 bits per heavy atom. The molecule has 9 heteroatoms. The Kier molecular flexibility index (Phi) is 6.19. The predicted octanol–water partition coefficient (Wildman–Crippen LogP) is 3.86. The maximum atomic E-state index is 13.0. The van der Waals surface area contributed by atoms with E-state index in [9.17, 15) is 14.4 Å². The number of methoxy groups -OCH3 is 1. The molecule has 0 spiro atoms. The number of carbonyl (C=O) groups is 3. The number of ether oxygens (including phenoxy) is 1. The monoisotopic (exact) mass is 465 g/mol. The summed E-state index contributed by atoms with van der Waals surface area (Å²) in [6.07, 6.45) is -0.389. The van der Waals surface area contributed by atoms with E-state index in [1.54, 1.807) is 24.3 Å². The van der Waals surface area contributed by atoms with Gasteiger partial charge < -0.3 is 25.5 Å². The van der Waals surface area contributed by atoms with E-state index in [1.807, 2.05) is 24.3 Å². The van der Waals surface area contributed by atoms with Gasteiger partial charge in [-0.1, -0.05) is 29.8 Å². The van der Waals surface area contributed by atoms with E-state index in [0.717, 1.165) is 10.8 Å². The van der Waals surface area contributed by atoms with Crippen LogP contribution in [0.15, 0.2) is 65.1 Å². The second-order valence-electron chi connectivity index (χ2n) is 7.34. The predicted molar refractivity (Wildman–Crippen MR) is 125 cm³/mol. The van der Waals surface area contributed by atoms with Gasteiger partial charge in [0.15, 0.2) is 0 Å². The Morgan fingerprint density at radius 3 is 2.45 bits per heavy atom. The molecule has 4 rings (SSSR count). The highest BCUT2D eigenvalue weighted by Crippen LogP contribution is 2.36. The van der Waals surface area contributed by atoms with Crippen molar-refractivity contribution < 1.29 is 23.5 Å². The van der Waals surface area contributed by atoms with Crippen molar-refractivity contribution in [2.45, 2.75) is 12.5 Å². The lowest BCUT2D eigenvalue weighted by molar-refractivity contribution is -0.123. The lowest BCUT2D eigenvalue weighted by Crippen LogP contribution is -2.46. The fourth-order valence-electron chi connectivity index (χ4n) is 3.49. The van der Waals surface area contributed by atoms with Gasteiger partial charge in [-0.15, -0.1) is 0 Å². The first-order chi connectivity index (χ1) is 15.9. The third-order valence-corrected chi connectivity index (χ3v) is 5.34. The second kappa shape index (κ2) is 9.22. The lowest BCUT2D eigenvalue weighted by Gasteiger charge is -2.18. The van der Waals surface area contributed by atoms with Gasteiger partial charge in [-0.3, -0.25) is 14.4 Å². The third-order valence-electron chi connectivity index (χ3n) is 5.09. The molecule has 1 atom stereocenters. The number of halogens is 1. The molecule has 3 aromatic carbocycles. The quantitative estimate of drug-likeness (QED) is 0.382. The van der Waals surface area contributed by atoms with Gasteiger partial charge in [-0.2, -0.15) is 0 Å². The van der Waals surface area contributed by atoms with Gasteiger partial charge in [-0.05, 0) is 36.4 Å². The molecule has 0 saturated heterocycles. The normalized spacial score (nSPS) is 11.8. The Hall–Kier alpha value is -4.04. The summed E-state index contributed by atoms with van der Waals surface area (Å²) < 4.78 is 11.3. The summed E-state index contributed by atoms with van der Waals surface area (Å²) in [4.78, 5) is 37.1. The number of hydrogen-bond donors (Lipinski definition) is 3. The molecule has 33 heavy (non-hydrogen) atoms. The molecule has 1 aromatic heterocycles. The number of fused-ring (bicyclic) bond motifs is 3. The highest BCUT2D eigenvalue weighted by atomic mass is 35.5. The Labute approximate surface area is 193 Å². The number of hydrogen-bond acceptors (Lipinski definition) is 5. The molecule has 0 aliphatic rings. The van der Waals surface area contributed by atoms with Crippen LogP contribution in [0.4, 0.5) is 5.69 Å². The molecule has 0 saturated carbocycles. The number of nitrogens with two attached hydrogens (primary N) is 1. The number of amides is 3. The Morgan fingerprint density at radius 1 is 1.03 bits per heavy atom. The SMILES string of the molecule is COc1cc2c(cc1NC(=O)C(CC(N)=O)NC(=O)c1ccc(Cl)cc1)oc1ccccc12. The molecule has 8 nitrogen and oxygen atoms in total. The zero-order valence-electron chi connectivity index (χ0n) is 17.6. The fraction of sp³-hybridized carbons (Fsp3) is 0.125. The van der Waals surface area contributed by atoms with Crippen molar-refractivity contribution in [1.29, 1.82) is 0 Å². The molecule has 0 bridgehead atoms. The van der Waals surface area contributed by atoms with Crippen molar-refractivity contribution in [3.63, 3.8) is 0 Å². The van der Waals surface area contributed by atoms with Gasteiger partial charge >= 0.3 is 0 Å². The largest absolute Gasteiger partial charge is 0.495 e. The van der Waals surface area contributed by atoms with E-state index in [0.29, 0.717) is 27.6 Å². The van der Waals surface area contributed by atoms with E-state index in [2.05, 4.69) is 10.6 Å².